The van der Waals surface area contributed by atoms with Crippen LogP contribution in [0.15, 0.2) is 78.4 Å². The van der Waals surface area contributed by atoms with Gasteiger partial charge in [0, 0.05) is 35.9 Å². The number of nitrogens with zero attached hydrogens (tertiary/aromatic N) is 1. The quantitative estimate of drug-likeness (QED) is 0.519. The fourth-order valence-electron chi connectivity index (χ4n) is 3.03. The van der Waals surface area contributed by atoms with Gasteiger partial charge in [0.2, 0.25) is 0 Å². The summed E-state index contributed by atoms with van der Waals surface area (Å²) in [6, 6.07) is 20.3. The van der Waals surface area contributed by atoms with Crippen molar-refractivity contribution in [3.8, 4) is 10.4 Å². The van der Waals surface area contributed by atoms with Crippen molar-refractivity contribution >= 4 is 28.1 Å². The molecule has 27 heavy (non-hydrogen) atoms. The summed E-state index contributed by atoms with van der Waals surface area (Å²) in [7, 11) is 0. The maximum absolute atomic E-state index is 12.2. The van der Waals surface area contributed by atoms with Crippen molar-refractivity contribution < 1.29 is 4.79 Å². The minimum atomic E-state index is -0.190. The summed E-state index contributed by atoms with van der Waals surface area (Å²) in [5, 5.41) is 10.2. The predicted octanol–water partition coefficient (Wildman–Crippen LogP) is 4.96. The van der Waals surface area contributed by atoms with Crippen molar-refractivity contribution in [2.75, 3.05) is 0 Å². The highest BCUT2D eigenvalue weighted by Gasteiger charge is 2.05. The van der Waals surface area contributed by atoms with Crippen LogP contribution in [0, 0.1) is 0 Å². The van der Waals surface area contributed by atoms with E-state index in [-0.39, 0.29) is 6.03 Å². The molecular formula is C22H19N3OS. The third-order valence-corrected chi connectivity index (χ3v) is 5.29. The number of carbonyl (C=O) groups is 1. The molecule has 2 N–H and O–H groups in total. The highest BCUT2D eigenvalue weighted by Crippen LogP contribution is 2.24. The third kappa shape index (κ3) is 4.15. The first-order chi connectivity index (χ1) is 13.3. The van der Waals surface area contributed by atoms with Gasteiger partial charge >= 0.3 is 6.03 Å². The average molecular weight is 373 g/mol. The maximum Gasteiger partial charge on any atom is 0.315 e. The molecular weight excluding hydrogens is 354 g/mol. The van der Waals surface area contributed by atoms with E-state index in [1.54, 1.807) is 17.5 Å². The zero-order valence-corrected chi connectivity index (χ0v) is 15.5. The fourth-order valence-corrected chi connectivity index (χ4v) is 3.74. The van der Waals surface area contributed by atoms with Gasteiger partial charge in [0.05, 0.1) is 0 Å². The molecule has 0 aliphatic carbocycles. The van der Waals surface area contributed by atoms with Gasteiger partial charge in [-0.2, -0.15) is 0 Å². The minimum absolute atomic E-state index is 0.190. The van der Waals surface area contributed by atoms with Crippen molar-refractivity contribution in [1.82, 2.24) is 15.6 Å². The van der Waals surface area contributed by atoms with Crippen LogP contribution < -0.4 is 10.6 Å². The Bertz CT molecular complexity index is 1050. The molecule has 4 nitrogen and oxygen atoms in total. The van der Waals surface area contributed by atoms with E-state index in [1.165, 1.54) is 10.3 Å². The molecule has 4 rings (SSSR count). The minimum Gasteiger partial charge on any atom is -0.334 e. The lowest BCUT2D eigenvalue weighted by atomic mass is 10.0. The molecule has 134 valence electrons. The van der Waals surface area contributed by atoms with Gasteiger partial charge in [-0.1, -0.05) is 48.5 Å². The van der Waals surface area contributed by atoms with Gasteiger partial charge in [-0.3, -0.25) is 4.98 Å². The summed E-state index contributed by atoms with van der Waals surface area (Å²) in [5.41, 5.74) is 3.14. The number of thiophene rings is 1. The second-order valence-electron chi connectivity index (χ2n) is 6.23. The number of pyridine rings is 1. The van der Waals surface area contributed by atoms with Gasteiger partial charge in [-0.25, -0.2) is 4.79 Å². The Morgan fingerprint density at radius 2 is 1.78 bits per heavy atom. The van der Waals surface area contributed by atoms with E-state index >= 15 is 0 Å². The first-order valence-corrected chi connectivity index (χ1v) is 9.64. The number of nitrogens with one attached hydrogen (secondary N) is 2. The zero-order chi connectivity index (χ0) is 18.5. The fraction of sp³-hybridized carbons (Fsp3) is 0.0909. The Labute approximate surface area is 161 Å². The second-order valence-corrected chi connectivity index (χ2v) is 7.18. The molecule has 0 aliphatic rings. The molecule has 0 saturated carbocycles. The molecule has 0 fully saturated rings. The van der Waals surface area contributed by atoms with E-state index in [4.69, 9.17) is 0 Å². The van der Waals surface area contributed by atoms with Crippen molar-refractivity contribution in [2.24, 2.45) is 0 Å². The molecule has 2 aromatic carbocycles. The molecule has 4 aromatic rings. The summed E-state index contributed by atoms with van der Waals surface area (Å²) in [6.07, 6.45) is 3.62. The van der Waals surface area contributed by atoms with Crippen LogP contribution in [-0.4, -0.2) is 11.0 Å². The Kier molecular flexibility index (Phi) is 5.12. The molecule has 2 heterocycles. The van der Waals surface area contributed by atoms with E-state index in [1.807, 2.05) is 41.9 Å². The SMILES string of the molecule is O=C(NCc1cncc(-c2cccs2)c1)NCc1cccc2ccccc12. The highest BCUT2D eigenvalue weighted by atomic mass is 32.1. The number of rotatable bonds is 5. The van der Waals surface area contributed by atoms with E-state index < -0.39 is 0 Å². The predicted molar refractivity (Wildman–Crippen MR) is 111 cm³/mol. The number of amides is 2. The maximum atomic E-state index is 12.2. The smallest absolute Gasteiger partial charge is 0.315 e. The van der Waals surface area contributed by atoms with Crippen LogP contribution in [0.5, 0.6) is 0 Å². The lowest BCUT2D eigenvalue weighted by molar-refractivity contribution is 0.240. The molecule has 0 spiro atoms. The molecule has 0 atom stereocenters. The average Bonchev–Trinajstić information content (AvgIpc) is 3.26. The van der Waals surface area contributed by atoms with Crippen molar-refractivity contribution in [3.63, 3.8) is 0 Å². The normalized spacial score (nSPS) is 10.7. The Balaban J connectivity index is 1.35. The van der Waals surface area contributed by atoms with Crippen LogP contribution in [0.2, 0.25) is 0 Å². The lowest BCUT2D eigenvalue weighted by Crippen LogP contribution is -2.34. The first kappa shape index (κ1) is 17.2. The number of hydrogen-bond donors (Lipinski definition) is 2. The van der Waals surface area contributed by atoms with Gasteiger partial charge in [0.25, 0.3) is 0 Å². The molecule has 2 amide bonds. The van der Waals surface area contributed by atoms with Gasteiger partial charge in [0.1, 0.15) is 0 Å². The Hall–Kier alpha value is -3.18. The van der Waals surface area contributed by atoms with Crippen LogP contribution in [-0.2, 0) is 13.1 Å². The van der Waals surface area contributed by atoms with Crippen molar-refractivity contribution in [3.05, 3.63) is 89.6 Å². The number of hydrogen-bond acceptors (Lipinski definition) is 3. The number of benzene rings is 2. The van der Waals surface area contributed by atoms with Gasteiger partial charge < -0.3 is 10.6 Å². The largest absolute Gasteiger partial charge is 0.334 e. The van der Waals surface area contributed by atoms with Crippen LogP contribution in [0.3, 0.4) is 0 Å². The van der Waals surface area contributed by atoms with Crippen LogP contribution >= 0.6 is 11.3 Å². The summed E-state index contributed by atoms with van der Waals surface area (Å²) in [6.45, 7) is 0.925. The van der Waals surface area contributed by atoms with Gasteiger partial charge in [-0.05, 0) is 39.4 Å². The molecule has 0 unspecified atom stereocenters. The van der Waals surface area contributed by atoms with E-state index in [0.29, 0.717) is 13.1 Å². The van der Waals surface area contributed by atoms with Crippen LogP contribution in [0.25, 0.3) is 21.2 Å². The summed E-state index contributed by atoms with van der Waals surface area (Å²) in [5.74, 6) is 0. The summed E-state index contributed by atoms with van der Waals surface area (Å²) < 4.78 is 0. The summed E-state index contributed by atoms with van der Waals surface area (Å²) >= 11 is 1.68. The van der Waals surface area contributed by atoms with Gasteiger partial charge in [0.15, 0.2) is 0 Å². The van der Waals surface area contributed by atoms with Crippen molar-refractivity contribution in [2.45, 2.75) is 13.1 Å². The number of urea groups is 1. The second kappa shape index (κ2) is 8.01. The van der Waals surface area contributed by atoms with E-state index in [0.717, 1.165) is 22.1 Å². The third-order valence-electron chi connectivity index (χ3n) is 4.37. The van der Waals surface area contributed by atoms with E-state index in [2.05, 4.69) is 45.9 Å². The molecule has 0 radical (unpaired) electrons. The topological polar surface area (TPSA) is 54.0 Å². The molecule has 0 bridgehead atoms. The first-order valence-electron chi connectivity index (χ1n) is 8.76. The van der Waals surface area contributed by atoms with Gasteiger partial charge in [-0.15, -0.1) is 11.3 Å². The standard InChI is InChI=1S/C22H19N3OS/c26-22(25-15-18-7-3-6-17-5-1-2-8-20(17)18)24-13-16-11-19(14-23-12-16)21-9-4-10-27-21/h1-12,14H,13,15H2,(H2,24,25,26). The lowest BCUT2D eigenvalue weighted by Gasteiger charge is -2.10. The monoisotopic (exact) mass is 373 g/mol. The van der Waals surface area contributed by atoms with Crippen LogP contribution in [0.1, 0.15) is 11.1 Å². The zero-order valence-electron chi connectivity index (χ0n) is 14.7. The number of aromatic nitrogens is 1. The summed E-state index contributed by atoms with van der Waals surface area (Å²) in [4.78, 5) is 17.7. The number of fused-ring (bicyclic) bond motifs is 1. The Morgan fingerprint density at radius 1 is 0.926 bits per heavy atom. The molecule has 0 aliphatic heterocycles. The van der Waals surface area contributed by atoms with Crippen LogP contribution in [0.4, 0.5) is 4.79 Å². The highest BCUT2D eigenvalue weighted by molar-refractivity contribution is 7.13. The molecule has 0 saturated heterocycles. The van der Waals surface area contributed by atoms with E-state index in [9.17, 15) is 4.79 Å². The molecule has 5 heteroatoms. The van der Waals surface area contributed by atoms with Crippen molar-refractivity contribution in [1.29, 1.82) is 0 Å². The Morgan fingerprint density at radius 3 is 2.67 bits per heavy atom. The number of carbonyl (C=O) groups excluding carboxylic acids is 1. The molecule has 2 aromatic heterocycles.